The Kier molecular flexibility index (Phi) is 3.97. The van der Waals surface area contributed by atoms with Crippen molar-refractivity contribution in [2.24, 2.45) is 5.92 Å². The molecule has 1 aliphatic rings. The molecule has 0 bridgehead atoms. The minimum atomic E-state index is -0.341. The van der Waals surface area contributed by atoms with Crippen LogP contribution in [0.5, 0.6) is 0 Å². The smallest absolute Gasteiger partial charge is 0.0916 e. The summed E-state index contributed by atoms with van der Waals surface area (Å²) in [6.45, 7) is 5.33. The van der Waals surface area contributed by atoms with E-state index in [2.05, 4.69) is 11.8 Å². The largest absolute Gasteiger partial charge is 0.387 e. The van der Waals surface area contributed by atoms with Gasteiger partial charge < -0.3 is 10.0 Å². The summed E-state index contributed by atoms with van der Waals surface area (Å²) >= 11 is 0. The van der Waals surface area contributed by atoms with Gasteiger partial charge in [-0.2, -0.15) is 0 Å². The van der Waals surface area contributed by atoms with E-state index in [1.54, 1.807) is 0 Å². The number of β-amino-alcohol motifs (C(OH)–C–C–N with tert-alkyl or cyclic N) is 1. The second kappa shape index (κ2) is 5.46. The van der Waals surface area contributed by atoms with E-state index in [1.165, 1.54) is 12.8 Å². The molecule has 2 nitrogen and oxygen atoms in total. The van der Waals surface area contributed by atoms with Gasteiger partial charge >= 0.3 is 0 Å². The number of aliphatic hydroxyl groups excluding tert-OH is 1. The number of aliphatic hydroxyl groups is 1. The van der Waals surface area contributed by atoms with Crippen molar-refractivity contribution in [3.05, 3.63) is 35.9 Å². The Morgan fingerprint density at radius 2 is 2.12 bits per heavy atom. The number of hydrogen-bond donors (Lipinski definition) is 1. The fraction of sp³-hybridized carbons (Fsp3) is 0.571. The molecule has 16 heavy (non-hydrogen) atoms. The van der Waals surface area contributed by atoms with E-state index < -0.39 is 0 Å². The number of hydrogen-bond acceptors (Lipinski definition) is 2. The van der Waals surface area contributed by atoms with Gasteiger partial charge in [-0.3, -0.25) is 0 Å². The van der Waals surface area contributed by atoms with Crippen LogP contribution in [-0.2, 0) is 0 Å². The van der Waals surface area contributed by atoms with E-state index in [9.17, 15) is 5.11 Å². The van der Waals surface area contributed by atoms with E-state index in [-0.39, 0.29) is 6.10 Å². The third kappa shape index (κ3) is 3.06. The summed E-state index contributed by atoms with van der Waals surface area (Å²) in [6, 6.07) is 9.95. The second-order valence-electron chi connectivity index (χ2n) is 4.93. The normalized spacial score (nSPS) is 24.2. The molecule has 0 spiro atoms. The van der Waals surface area contributed by atoms with Crippen LogP contribution in [0.15, 0.2) is 30.3 Å². The first-order chi connectivity index (χ1) is 7.75. The van der Waals surface area contributed by atoms with Crippen LogP contribution in [-0.4, -0.2) is 29.6 Å². The van der Waals surface area contributed by atoms with Crippen molar-refractivity contribution in [1.29, 1.82) is 0 Å². The van der Waals surface area contributed by atoms with Crippen molar-refractivity contribution >= 4 is 0 Å². The van der Waals surface area contributed by atoms with Gasteiger partial charge in [0.15, 0.2) is 0 Å². The maximum absolute atomic E-state index is 10.1. The van der Waals surface area contributed by atoms with E-state index in [0.29, 0.717) is 0 Å². The third-order valence-corrected chi connectivity index (χ3v) is 3.36. The molecule has 2 atom stereocenters. The number of rotatable bonds is 3. The molecule has 1 fully saturated rings. The van der Waals surface area contributed by atoms with E-state index in [1.807, 2.05) is 30.3 Å². The second-order valence-corrected chi connectivity index (χ2v) is 4.93. The Labute approximate surface area is 97.9 Å². The number of likely N-dealkylation sites (tertiary alicyclic amines) is 1. The maximum Gasteiger partial charge on any atom is 0.0916 e. The van der Waals surface area contributed by atoms with Crippen molar-refractivity contribution in [3.63, 3.8) is 0 Å². The summed E-state index contributed by atoms with van der Waals surface area (Å²) in [5.74, 6) is 0.775. The Morgan fingerprint density at radius 1 is 1.38 bits per heavy atom. The molecule has 0 radical (unpaired) electrons. The Hall–Kier alpha value is -0.860. The molecule has 2 heteroatoms. The van der Waals surface area contributed by atoms with Gasteiger partial charge in [-0.05, 0) is 30.9 Å². The molecule has 1 aromatic rings. The van der Waals surface area contributed by atoms with Gasteiger partial charge in [-0.1, -0.05) is 37.3 Å². The van der Waals surface area contributed by atoms with Gasteiger partial charge in [0.2, 0.25) is 0 Å². The van der Waals surface area contributed by atoms with Crippen molar-refractivity contribution in [2.75, 3.05) is 19.6 Å². The Balaban J connectivity index is 1.89. The van der Waals surface area contributed by atoms with E-state index in [0.717, 1.165) is 31.1 Å². The number of nitrogens with zero attached hydrogens (tertiary/aromatic N) is 1. The lowest BCUT2D eigenvalue weighted by Crippen LogP contribution is -2.37. The van der Waals surface area contributed by atoms with E-state index in [4.69, 9.17) is 0 Å². The van der Waals surface area contributed by atoms with Crippen molar-refractivity contribution in [1.82, 2.24) is 4.90 Å². The quantitative estimate of drug-likeness (QED) is 0.844. The third-order valence-electron chi connectivity index (χ3n) is 3.36. The predicted molar refractivity (Wildman–Crippen MR) is 66.2 cm³/mol. The summed E-state index contributed by atoms with van der Waals surface area (Å²) in [5.41, 5.74) is 1.03. The van der Waals surface area contributed by atoms with Gasteiger partial charge in [0, 0.05) is 13.1 Å². The molecule has 0 aromatic heterocycles. The van der Waals surface area contributed by atoms with Gasteiger partial charge in [0.25, 0.3) is 0 Å². The van der Waals surface area contributed by atoms with Crippen molar-refractivity contribution in [3.8, 4) is 0 Å². The van der Waals surface area contributed by atoms with Gasteiger partial charge in [0.05, 0.1) is 6.10 Å². The summed E-state index contributed by atoms with van der Waals surface area (Å²) < 4.78 is 0. The zero-order valence-electron chi connectivity index (χ0n) is 9.97. The lowest BCUT2D eigenvalue weighted by atomic mass is 9.99. The van der Waals surface area contributed by atoms with Crippen LogP contribution in [0.4, 0.5) is 0 Å². The van der Waals surface area contributed by atoms with Gasteiger partial charge in [-0.25, -0.2) is 0 Å². The minimum absolute atomic E-state index is 0.341. The highest BCUT2D eigenvalue weighted by Gasteiger charge is 2.19. The first-order valence-electron chi connectivity index (χ1n) is 6.21. The number of benzene rings is 1. The zero-order chi connectivity index (χ0) is 11.4. The first kappa shape index (κ1) is 11.6. The molecule has 1 N–H and O–H groups in total. The monoisotopic (exact) mass is 219 g/mol. The van der Waals surface area contributed by atoms with Crippen LogP contribution >= 0.6 is 0 Å². The van der Waals surface area contributed by atoms with Crippen LogP contribution in [0.25, 0.3) is 0 Å². The average molecular weight is 219 g/mol. The molecule has 0 saturated carbocycles. The topological polar surface area (TPSA) is 23.5 Å². The predicted octanol–water partition coefficient (Wildman–Crippen LogP) is 2.45. The summed E-state index contributed by atoms with van der Waals surface area (Å²) in [4.78, 5) is 2.38. The Bertz CT molecular complexity index is 312. The highest BCUT2D eigenvalue weighted by molar-refractivity contribution is 5.17. The molecule has 1 aromatic carbocycles. The SMILES string of the molecule is CC1CCCN(CC(O)c2ccccc2)C1. The lowest BCUT2D eigenvalue weighted by molar-refractivity contribution is 0.0876. The molecular formula is C14H21NO. The standard InChI is InChI=1S/C14H21NO/c1-12-6-5-9-15(10-12)11-14(16)13-7-3-2-4-8-13/h2-4,7-8,12,14,16H,5-6,9-11H2,1H3. The van der Waals surface area contributed by atoms with E-state index >= 15 is 0 Å². The first-order valence-corrected chi connectivity index (χ1v) is 6.21. The van der Waals surface area contributed by atoms with Crippen LogP contribution in [0, 0.1) is 5.92 Å². The van der Waals surface area contributed by atoms with Crippen LogP contribution in [0.1, 0.15) is 31.4 Å². The summed E-state index contributed by atoms with van der Waals surface area (Å²) in [7, 11) is 0. The molecule has 2 rings (SSSR count). The zero-order valence-corrected chi connectivity index (χ0v) is 9.97. The molecule has 1 aliphatic heterocycles. The summed E-state index contributed by atoms with van der Waals surface area (Å²) in [6.07, 6.45) is 2.26. The maximum atomic E-state index is 10.1. The minimum Gasteiger partial charge on any atom is -0.387 e. The molecule has 1 heterocycles. The number of piperidine rings is 1. The van der Waals surface area contributed by atoms with Gasteiger partial charge in [0.1, 0.15) is 0 Å². The highest BCUT2D eigenvalue weighted by atomic mass is 16.3. The van der Waals surface area contributed by atoms with Gasteiger partial charge in [-0.15, -0.1) is 0 Å². The molecular weight excluding hydrogens is 198 g/mol. The highest BCUT2D eigenvalue weighted by Crippen LogP contribution is 2.19. The molecule has 1 saturated heterocycles. The molecule has 0 aliphatic carbocycles. The fourth-order valence-corrected chi connectivity index (χ4v) is 2.48. The van der Waals surface area contributed by atoms with Crippen LogP contribution in [0.3, 0.4) is 0 Å². The van der Waals surface area contributed by atoms with Crippen molar-refractivity contribution in [2.45, 2.75) is 25.9 Å². The average Bonchev–Trinajstić information content (AvgIpc) is 2.30. The fourth-order valence-electron chi connectivity index (χ4n) is 2.48. The molecule has 2 unspecified atom stereocenters. The van der Waals surface area contributed by atoms with Crippen molar-refractivity contribution < 1.29 is 5.11 Å². The molecule has 0 amide bonds. The lowest BCUT2D eigenvalue weighted by Gasteiger charge is -2.32. The summed E-state index contributed by atoms with van der Waals surface area (Å²) in [5, 5.41) is 10.1. The van der Waals surface area contributed by atoms with Crippen LogP contribution in [0.2, 0.25) is 0 Å². The van der Waals surface area contributed by atoms with Crippen LogP contribution < -0.4 is 0 Å². The molecule has 88 valence electrons. The Morgan fingerprint density at radius 3 is 2.81 bits per heavy atom.